The summed E-state index contributed by atoms with van der Waals surface area (Å²) in [6.45, 7) is 8.54. The van der Waals surface area contributed by atoms with Crippen LogP contribution in [0.4, 0.5) is 0 Å². The number of aliphatic hydroxyl groups is 9. The van der Waals surface area contributed by atoms with Crippen molar-refractivity contribution in [2.24, 2.45) is 23.5 Å². The highest BCUT2D eigenvalue weighted by molar-refractivity contribution is 5.80. The van der Waals surface area contributed by atoms with E-state index >= 15 is 0 Å². The van der Waals surface area contributed by atoms with Gasteiger partial charge < -0.3 is 70.6 Å². The molecular formula is C47H73NO15. The van der Waals surface area contributed by atoms with Gasteiger partial charge >= 0.3 is 5.97 Å². The lowest BCUT2D eigenvalue weighted by Gasteiger charge is -2.46. The van der Waals surface area contributed by atoms with Crippen molar-refractivity contribution in [3.63, 3.8) is 0 Å². The van der Waals surface area contributed by atoms with Gasteiger partial charge in [-0.1, -0.05) is 106 Å². The summed E-state index contributed by atoms with van der Waals surface area (Å²) in [5.74, 6) is -4.64. The molecule has 3 aliphatic rings. The Bertz CT molecular complexity index is 1610. The second-order valence-corrected chi connectivity index (χ2v) is 17.4. The number of hydrogen-bond acceptors (Lipinski definition) is 16. The van der Waals surface area contributed by atoms with Gasteiger partial charge in [0.2, 0.25) is 0 Å². The first-order valence-corrected chi connectivity index (χ1v) is 22.0. The Labute approximate surface area is 371 Å². The summed E-state index contributed by atoms with van der Waals surface area (Å²) in [4.78, 5) is 25.2. The molecule has 11 N–H and O–H groups in total. The third-order valence-corrected chi connectivity index (χ3v) is 12.0. The van der Waals surface area contributed by atoms with Gasteiger partial charge in [0.1, 0.15) is 18.0 Å². The van der Waals surface area contributed by atoms with E-state index in [9.17, 15) is 55.5 Å². The molecule has 1 unspecified atom stereocenters. The zero-order valence-electron chi connectivity index (χ0n) is 37.1. The molecule has 2 fully saturated rings. The molecule has 3 heterocycles. The summed E-state index contributed by atoms with van der Waals surface area (Å²) in [6, 6.07) is -1.05. The molecule has 0 amide bonds. The third kappa shape index (κ3) is 18.3. The molecule has 16 nitrogen and oxygen atoms in total. The van der Waals surface area contributed by atoms with Crippen LogP contribution in [0.5, 0.6) is 0 Å². The van der Waals surface area contributed by atoms with Crippen LogP contribution < -0.4 is 5.73 Å². The zero-order chi connectivity index (χ0) is 46.9. The molecule has 0 aromatic heterocycles. The molecule has 0 aliphatic carbocycles. The number of rotatable bonds is 2. The minimum absolute atomic E-state index is 0.0346. The van der Waals surface area contributed by atoms with Gasteiger partial charge in [-0.25, -0.2) is 0 Å². The Morgan fingerprint density at radius 2 is 1.16 bits per heavy atom. The number of hydrogen-bond donors (Lipinski definition) is 10. The van der Waals surface area contributed by atoms with Crippen LogP contribution in [-0.2, 0) is 28.5 Å². The van der Waals surface area contributed by atoms with Gasteiger partial charge in [-0.2, -0.15) is 0 Å². The van der Waals surface area contributed by atoms with Gasteiger partial charge in [0.05, 0.1) is 73.5 Å². The Hall–Kier alpha value is -3.20. The zero-order valence-corrected chi connectivity index (χ0v) is 37.1. The first-order chi connectivity index (χ1) is 29.7. The fraction of sp³-hybridized carbons (Fsp3) is 0.660. The molecule has 16 heteroatoms. The number of ketones is 1. The van der Waals surface area contributed by atoms with E-state index in [1.165, 1.54) is 0 Å². The summed E-state index contributed by atoms with van der Waals surface area (Å²) in [7, 11) is 0. The second kappa shape index (κ2) is 26.7. The van der Waals surface area contributed by atoms with Crippen molar-refractivity contribution < 1.29 is 74.5 Å². The Morgan fingerprint density at radius 1 is 0.619 bits per heavy atom. The van der Waals surface area contributed by atoms with Crippen LogP contribution in [0.15, 0.2) is 85.1 Å². The van der Waals surface area contributed by atoms with Crippen molar-refractivity contribution in [3.05, 3.63) is 85.1 Å². The molecule has 63 heavy (non-hydrogen) atoms. The fourth-order valence-corrected chi connectivity index (χ4v) is 7.65. The van der Waals surface area contributed by atoms with Gasteiger partial charge in [0.25, 0.3) is 0 Å². The molecule has 18 atom stereocenters. The first kappa shape index (κ1) is 54.1. The van der Waals surface area contributed by atoms with Crippen LogP contribution in [0, 0.1) is 17.8 Å². The predicted octanol–water partition coefficient (Wildman–Crippen LogP) is 1.86. The standard InChI is InChI=1S/C47H73NO15/c1-28-18-16-14-12-10-8-6-7-9-11-13-15-17-19-36(62-46-45(58)42(48)44(57)32(5)61-46)25-40-30(3)38(53)26-47(59,63-40)27-39(54)37(52)21-20-33(49)22-34(50)23-35(51)24-41(55)60-31(4)29(2)43(28)56/h6-19,28-33,35-40,42-46,49,51-54,56-59H,20-27,48H2,1-5H3/b7-6+,10-8+,11-9+,14-12+,15-13+,18-16+,19-17+/t28-,29-,30+,31-,32+,33+,35+,36-,37+,38-,39+,40?,42-,43+,44+,45-,46-,47-/m0/s1. The topological polar surface area (TPSA) is 279 Å². The lowest BCUT2D eigenvalue weighted by Crippen LogP contribution is -2.61. The Kier molecular flexibility index (Phi) is 22.9. The lowest BCUT2D eigenvalue weighted by molar-refractivity contribution is -0.310. The van der Waals surface area contributed by atoms with E-state index in [2.05, 4.69) is 0 Å². The number of aliphatic hydroxyl groups excluding tert-OH is 8. The Morgan fingerprint density at radius 3 is 1.76 bits per heavy atom. The third-order valence-electron chi connectivity index (χ3n) is 12.0. The summed E-state index contributed by atoms with van der Waals surface area (Å²) in [5, 5.41) is 97.3. The summed E-state index contributed by atoms with van der Waals surface area (Å²) < 4.78 is 23.5. The van der Waals surface area contributed by atoms with Crippen molar-refractivity contribution in [2.75, 3.05) is 0 Å². The minimum atomic E-state index is -2.09. The van der Waals surface area contributed by atoms with Gasteiger partial charge in [-0.15, -0.1) is 0 Å². The molecule has 0 spiro atoms. The smallest absolute Gasteiger partial charge is 0.308 e. The van der Waals surface area contributed by atoms with Gasteiger partial charge in [0.15, 0.2) is 12.1 Å². The molecular weight excluding hydrogens is 819 g/mol. The van der Waals surface area contributed by atoms with Gasteiger partial charge in [-0.05, 0) is 26.7 Å². The van der Waals surface area contributed by atoms with Crippen molar-refractivity contribution >= 4 is 11.8 Å². The fourth-order valence-electron chi connectivity index (χ4n) is 7.65. The van der Waals surface area contributed by atoms with Crippen molar-refractivity contribution in [1.29, 1.82) is 0 Å². The van der Waals surface area contributed by atoms with E-state index in [0.29, 0.717) is 0 Å². The van der Waals surface area contributed by atoms with Crippen LogP contribution in [0.2, 0.25) is 0 Å². The van der Waals surface area contributed by atoms with Gasteiger partial charge in [-0.3, -0.25) is 9.59 Å². The highest BCUT2D eigenvalue weighted by Crippen LogP contribution is 2.37. The van der Waals surface area contributed by atoms with E-state index in [0.717, 1.165) is 0 Å². The molecule has 3 aliphatic heterocycles. The summed E-state index contributed by atoms with van der Waals surface area (Å²) in [6.07, 6.45) is 8.29. The maximum atomic E-state index is 12.6. The SMILES string of the molecule is C[C@@H]1[C@H](O)[C@@H](C)/C=C/C=C/C=C/C=C/C=C/C=C/C=C/[C@H](O[C@@H]2O[C@H](C)[C@@H](O)[C@H](N)[C@@H]2O)CC2O[C@](O)(C[C@@H](O)[C@H](O)CC[C@@H](O)CC(=O)C[C@@H](O)CC(=O)O[C@H]1C)C[C@H](O)[C@H]2C. The van der Waals surface area contributed by atoms with Crippen molar-refractivity contribution in [3.8, 4) is 0 Å². The maximum Gasteiger partial charge on any atom is 0.308 e. The Balaban J connectivity index is 1.81. The van der Waals surface area contributed by atoms with Crippen LogP contribution >= 0.6 is 0 Å². The lowest BCUT2D eigenvalue weighted by atomic mass is 9.83. The van der Waals surface area contributed by atoms with E-state index in [4.69, 9.17) is 24.7 Å². The highest BCUT2D eigenvalue weighted by Gasteiger charge is 2.47. The van der Waals surface area contributed by atoms with E-state index in [1.54, 1.807) is 64.2 Å². The molecule has 0 aromatic rings. The molecule has 2 saturated heterocycles. The number of allylic oxidation sites excluding steroid dienone is 12. The normalized spacial score (nSPS) is 45.5. The number of carbonyl (C=O) groups excluding carboxylic acids is 2. The first-order valence-electron chi connectivity index (χ1n) is 22.0. The number of nitrogens with two attached hydrogens (primary N) is 1. The number of cyclic esters (lactones) is 1. The van der Waals surface area contributed by atoms with Crippen LogP contribution in [0.3, 0.4) is 0 Å². The monoisotopic (exact) mass is 891 g/mol. The van der Waals surface area contributed by atoms with Crippen LogP contribution in [0.25, 0.3) is 0 Å². The number of Topliss-reactive ketones (excluding diaryl/α,β-unsaturated/α-hetero) is 1. The van der Waals surface area contributed by atoms with Crippen molar-refractivity contribution in [2.45, 2.75) is 177 Å². The van der Waals surface area contributed by atoms with E-state index in [1.807, 2.05) is 55.5 Å². The van der Waals surface area contributed by atoms with Crippen molar-refractivity contribution in [1.82, 2.24) is 0 Å². The highest BCUT2D eigenvalue weighted by atomic mass is 16.7. The maximum absolute atomic E-state index is 12.6. The van der Waals surface area contributed by atoms with E-state index < -0.39 is 134 Å². The minimum Gasteiger partial charge on any atom is -0.462 e. The van der Waals surface area contributed by atoms with Gasteiger partial charge in [0, 0.05) is 49.9 Å². The molecule has 0 saturated carbocycles. The molecule has 0 aromatic carbocycles. The number of esters is 1. The summed E-state index contributed by atoms with van der Waals surface area (Å²) in [5.41, 5.74) is 6.05. The average molecular weight is 892 g/mol. The second-order valence-electron chi connectivity index (χ2n) is 17.4. The number of carbonyl (C=O) groups is 2. The average Bonchev–Trinajstić information content (AvgIpc) is 3.21. The van der Waals surface area contributed by atoms with Crippen LogP contribution in [-0.4, -0.2) is 149 Å². The largest absolute Gasteiger partial charge is 0.462 e. The molecule has 3 rings (SSSR count). The molecule has 2 bridgehead atoms. The number of ether oxygens (including phenoxy) is 4. The van der Waals surface area contributed by atoms with E-state index in [-0.39, 0.29) is 38.0 Å². The molecule has 0 radical (unpaired) electrons. The quantitative estimate of drug-likeness (QED) is 0.177. The predicted molar refractivity (Wildman–Crippen MR) is 234 cm³/mol. The van der Waals surface area contributed by atoms with Crippen LogP contribution in [0.1, 0.15) is 86.0 Å². The summed E-state index contributed by atoms with van der Waals surface area (Å²) >= 11 is 0. The molecule has 356 valence electrons. The number of fused-ring (bicyclic) bond motifs is 2.